The average Bonchev–Trinajstić information content (AvgIpc) is 3.16. The number of para-hydroxylation sites is 1. The SMILES string of the molecule is Clc1ccc(CSc2nnc(COc3ccc(Cl)cc3Cl)n2-c2ccccc2)c(Cl)c1. The lowest BCUT2D eigenvalue weighted by atomic mass is 10.2. The number of hydrogen-bond acceptors (Lipinski definition) is 4. The van der Waals surface area contributed by atoms with Crippen LogP contribution >= 0.6 is 58.2 Å². The molecule has 4 rings (SSSR count). The predicted molar refractivity (Wildman–Crippen MR) is 128 cm³/mol. The van der Waals surface area contributed by atoms with E-state index < -0.39 is 0 Å². The van der Waals surface area contributed by atoms with Crippen LogP contribution in [0.1, 0.15) is 11.4 Å². The molecule has 0 unspecified atom stereocenters. The van der Waals surface area contributed by atoms with Gasteiger partial charge in [-0.05, 0) is 48.0 Å². The van der Waals surface area contributed by atoms with Crippen LogP contribution in [-0.4, -0.2) is 14.8 Å². The van der Waals surface area contributed by atoms with Gasteiger partial charge in [0.05, 0.1) is 5.02 Å². The molecule has 1 aromatic heterocycles. The van der Waals surface area contributed by atoms with Gasteiger partial charge in [0, 0.05) is 26.5 Å². The first kappa shape index (κ1) is 22.3. The third-order valence-electron chi connectivity index (χ3n) is 4.34. The van der Waals surface area contributed by atoms with Crippen molar-refractivity contribution in [1.82, 2.24) is 14.8 Å². The Bertz CT molecular complexity index is 1130. The fourth-order valence-electron chi connectivity index (χ4n) is 2.84. The number of thioether (sulfide) groups is 1. The Morgan fingerprint density at radius 3 is 2.23 bits per heavy atom. The smallest absolute Gasteiger partial charge is 0.196 e. The van der Waals surface area contributed by atoms with Gasteiger partial charge < -0.3 is 4.74 Å². The maximum atomic E-state index is 6.32. The van der Waals surface area contributed by atoms with E-state index in [9.17, 15) is 0 Å². The van der Waals surface area contributed by atoms with Gasteiger partial charge in [-0.15, -0.1) is 10.2 Å². The van der Waals surface area contributed by atoms with Crippen LogP contribution in [0.3, 0.4) is 0 Å². The van der Waals surface area contributed by atoms with Crippen molar-refractivity contribution < 1.29 is 4.74 Å². The topological polar surface area (TPSA) is 39.9 Å². The lowest BCUT2D eigenvalue weighted by molar-refractivity contribution is 0.293. The zero-order valence-corrected chi connectivity index (χ0v) is 19.8. The highest BCUT2D eigenvalue weighted by Gasteiger charge is 2.16. The molecule has 3 aromatic carbocycles. The first-order valence-electron chi connectivity index (χ1n) is 9.15. The third-order valence-corrected chi connectivity index (χ3v) is 6.43. The second-order valence-electron chi connectivity index (χ2n) is 6.46. The zero-order valence-electron chi connectivity index (χ0n) is 15.9. The Balaban J connectivity index is 1.59. The van der Waals surface area contributed by atoms with E-state index in [2.05, 4.69) is 10.2 Å². The first-order chi connectivity index (χ1) is 15.0. The van der Waals surface area contributed by atoms with Crippen LogP contribution in [0.2, 0.25) is 20.1 Å². The standard InChI is InChI=1S/C22H15Cl4N3OS/c23-15-7-6-14(18(25)10-15)13-31-22-28-27-21(29(22)17-4-2-1-3-5-17)12-30-20-9-8-16(24)11-19(20)26/h1-11H,12-13H2. The van der Waals surface area contributed by atoms with Crippen LogP contribution in [0.4, 0.5) is 0 Å². The molecule has 4 aromatic rings. The number of halogens is 4. The van der Waals surface area contributed by atoms with Gasteiger partial charge in [-0.1, -0.05) is 82.4 Å². The summed E-state index contributed by atoms with van der Waals surface area (Å²) in [5.74, 6) is 1.78. The highest BCUT2D eigenvalue weighted by molar-refractivity contribution is 7.98. The number of ether oxygens (including phenoxy) is 1. The van der Waals surface area contributed by atoms with E-state index in [0.29, 0.717) is 37.4 Å². The summed E-state index contributed by atoms with van der Waals surface area (Å²) in [7, 11) is 0. The normalized spacial score (nSPS) is 11.0. The summed E-state index contributed by atoms with van der Waals surface area (Å²) in [6.45, 7) is 0.186. The van der Waals surface area contributed by atoms with Crippen LogP contribution in [0, 0.1) is 0 Å². The van der Waals surface area contributed by atoms with Gasteiger partial charge in [-0.25, -0.2) is 0 Å². The highest BCUT2D eigenvalue weighted by atomic mass is 35.5. The van der Waals surface area contributed by atoms with Crippen molar-refractivity contribution >= 4 is 58.2 Å². The van der Waals surface area contributed by atoms with Crippen molar-refractivity contribution in [3.63, 3.8) is 0 Å². The minimum atomic E-state index is 0.186. The van der Waals surface area contributed by atoms with Crippen molar-refractivity contribution in [2.24, 2.45) is 0 Å². The second-order valence-corrected chi connectivity index (χ2v) is 9.09. The maximum Gasteiger partial charge on any atom is 0.196 e. The lowest BCUT2D eigenvalue weighted by Crippen LogP contribution is -2.07. The molecule has 0 radical (unpaired) electrons. The van der Waals surface area contributed by atoms with Crippen molar-refractivity contribution in [2.75, 3.05) is 0 Å². The van der Waals surface area contributed by atoms with Crippen LogP contribution in [0.25, 0.3) is 5.69 Å². The van der Waals surface area contributed by atoms with Crippen molar-refractivity contribution in [2.45, 2.75) is 17.5 Å². The number of rotatable bonds is 7. The Kier molecular flexibility index (Phi) is 7.31. The molecule has 4 nitrogen and oxygen atoms in total. The molecule has 0 aliphatic carbocycles. The second kappa shape index (κ2) is 10.2. The monoisotopic (exact) mass is 509 g/mol. The van der Waals surface area contributed by atoms with Gasteiger partial charge >= 0.3 is 0 Å². The fourth-order valence-corrected chi connectivity index (χ4v) is 4.83. The molecule has 0 saturated heterocycles. The number of hydrogen-bond donors (Lipinski definition) is 0. The van der Waals surface area contributed by atoms with E-state index in [1.165, 1.54) is 11.8 Å². The summed E-state index contributed by atoms with van der Waals surface area (Å²) in [6.07, 6.45) is 0. The fraction of sp³-hybridized carbons (Fsp3) is 0.0909. The Labute approximate surface area is 204 Å². The van der Waals surface area contributed by atoms with Gasteiger partial charge in [0.1, 0.15) is 12.4 Å². The van der Waals surface area contributed by atoms with E-state index in [1.807, 2.05) is 47.0 Å². The van der Waals surface area contributed by atoms with Gasteiger partial charge in [0.15, 0.2) is 11.0 Å². The van der Waals surface area contributed by atoms with E-state index in [-0.39, 0.29) is 6.61 Å². The van der Waals surface area contributed by atoms with E-state index in [0.717, 1.165) is 16.4 Å². The van der Waals surface area contributed by atoms with Crippen molar-refractivity contribution in [3.8, 4) is 11.4 Å². The molecular formula is C22H15Cl4N3OS. The molecule has 0 bridgehead atoms. The molecule has 0 amide bonds. The Hall–Kier alpha value is -1.89. The summed E-state index contributed by atoms with van der Waals surface area (Å²) in [6, 6.07) is 20.4. The quantitative estimate of drug-likeness (QED) is 0.238. The van der Waals surface area contributed by atoms with E-state index in [1.54, 1.807) is 24.3 Å². The summed E-state index contributed by atoms with van der Waals surface area (Å²) < 4.78 is 7.85. The van der Waals surface area contributed by atoms with Crippen LogP contribution in [0.5, 0.6) is 5.75 Å². The average molecular weight is 511 g/mol. The molecule has 31 heavy (non-hydrogen) atoms. The molecule has 0 N–H and O–H groups in total. The Morgan fingerprint density at radius 1 is 0.806 bits per heavy atom. The first-order valence-corrected chi connectivity index (χ1v) is 11.7. The van der Waals surface area contributed by atoms with Crippen LogP contribution < -0.4 is 4.74 Å². The summed E-state index contributed by atoms with van der Waals surface area (Å²) >= 11 is 26.0. The lowest BCUT2D eigenvalue weighted by Gasteiger charge is -2.12. The number of nitrogens with zero attached hydrogens (tertiary/aromatic N) is 3. The van der Waals surface area contributed by atoms with Gasteiger partial charge in [-0.2, -0.15) is 0 Å². The number of benzene rings is 3. The van der Waals surface area contributed by atoms with Gasteiger partial charge in [0.25, 0.3) is 0 Å². The molecule has 0 spiro atoms. The largest absolute Gasteiger partial charge is 0.484 e. The van der Waals surface area contributed by atoms with Gasteiger partial charge in [0.2, 0.25) is 0 Å². The molecule has 0 saturated carbocycles. The van der Waals surface area contributed by atoms with Crippen molar-refractivity contribution in [1.29, 1.82) is 0 Å². The molecule has 158 valence electrons. The summed E-state index contributed by atoms with van der Waals surface area (Å²) in [5, 5.41) is 11.6. The molecule has 0 aliphatic rings. The summed E-state index contributed by atoms with van der Waals surface area (Å²) in [5.41, 5.74) is 1.89. The molecular weight excluding hydrogens is 496 g/mol. The van der Waals surface area contributed by atoms with Gasteiger partial charge in [-0.3, -0.25) is 4.57 Å². The van der Waals surface area contributed by atoms with E-state index in [4.69, 9.17) is 51.1 Å². The van der Waals surface area contributed by atoms with E-state index >= 15 is 0 Å². The number of aromatic nitrogens is 3. The van der Waals surface area contributed by atoms with Crippen LogP contribution in [0.15, 0.2) is 71.9 Å². The third kappa shape index (κ3) is 5.48. The van der Waals surface area contributed by atoms with Crippen molar-refractivity contribution in [3.05, 3.63) is 98.2 Å². The molecule has 1 heterocycles. The molecule has 0 aliphatic heterocycles. The maximum absolute atomic E-state index is 6.32. The predicted octanol–water partition coefficient (Wildman–Crippen LogP) is 7.75. The molecule has 9 heteroatoms. The zero-order chi connectivity index (χ0) is 21.8. The molecule has 0 fully saturated rings. The molecule has 0 atom stereocenters. The van der Waals surface area contributed by atoms with Crippen LogP contribution in [-0.2, 0) is 12.4 Å². The summed E-state index contributed by atoms with van der Waals surface area (Å²) in [4.78, 5) is 0. The Morgan fingerprint density at radius 2 is 1.52 bits per heavy atom. The highest BCUT2D eigenvalue weighted by Crippen LogP contribution is 2.31. The minimum absolute atomic E-state index is 0.186. The minimum Gasteiger partial charge on any atom is -0.484 e.